The average Bonchev–Trinajstić information content (AvgIpc) is 2.46. The van der Waals surface area contributed by atoms with Crippen LogP contribution in [0.4, 0.5) is 13.2 Å². The second-order valence-corrected chi connectivity index (χ2v) is 5.24. The summed E-state index contributed by atoms with van der Waals surface area (Å²) >= 11 is 6.03. The highest BCUT2D eigenvalue weighted by molar-refractivity contribution is 6.31. The van der Waals surface area contributed by atoms with E-state index < -0.39 is 35.2 Å². The summed E-state index contributed by atoms with van der Waals surface area (Å²) in [6.07, 6.45) is -5.21. The largest absolute Gasteiger partial charge is 0.463 e. The van der Waals surface area contributed by atoms with Crippen molar-refractivity contribution < 1.29 is 27.5 Å². The Balaban J connectivity index is 2.65. The van der Waals surface area contributed by atoms with Crippen molar-refractivity contribution in [3.05, 3.63) is 46.1 Å². The fourth-order valence-electron chi connectivity index (χ4n) is 2.42. The molecule has 0 spiro atoms. The second kappa shape index (κ2) is 6.62. The number of allylic oxidation sites excluding steroid dienone is 1. The Labute approximate surface area is 135 Å². The summed E-state index contributed by atoms with van der Waals surface area (Å²) in [6, 6.07) is 6.15. The van der Waals surface area contributed by atoms with Crippen molar-refractivity contribution in [1.82, 2.24) is 5.32 Å². The zero-order valence-corrected chi connectivity index (χ0v) is 12.8. The topological polar surface area (TPSA) is 55.4 Å². The lowest BCUT2D eigenvalue weighted by atomic mass is 9.84. The number of nitrogens with one attached hydrogen (secondary N) is 1. The van der Waals surface area contributed by atoms with E-state index in [1.807, 2.05) is 0 Å². The van der Waals surface area contributed by atoms with Gasteiger partial charge in [0, 0.05) is 17.4 Å². The van der Waals surface area contributed by atoms with Crippen molar-refractivity contribution in [2.75, 3.05) is 6.61 Å². The molecule has 1 aliphatic rings. The molecule has 1 unspecified atom stereocenters. The first-order valence-electron chi connectivity index (χ1n) is 6.78. The van der Waals surface area contributed by atoms with Gasteiger partial charge < -0.3 is 10.1 Å². The van der Waals surface area contributed by atoms with Gasteiger partial charge in [0.25, 0.3) is 0 Å². The van der Waals surface area contributed by atoms with E-state index in [-0.39, 0.29) is 23.6 Å². The van der Waals surface area contributed by atoms with Gasteiger partial charge in [-0.1, -0.05) is 29.8 Å². The molecule has 0 saturated carbocycles. The lowest BCUT2D eigenvalue weighted by Gasteiger charge is -2.29. The fraction of sp³-hybridized carbons (Fsp3) is 0.333. The highest BCUT2D eigenvalue weighted by Gasteiger charge is 2.46. The quantitative estimate of drug-likeness (QED) is 0.853. The van der Waals surface area contributed by atoms with Crippen molar-refractivity contribution >= 4 is 23.5 Å². The number of esters is 1. The van der Waals surface area contributed by atoms with Crippen molar-refractivity contribution in [3.8, 4) is 0 Å². The van der Waals surface area contributed by atoms with E-state index in [1.165, 1.54) is 19.1 Å². The van der Waals surface area contributed by atoms with Crippen molar-refractivity contribution in [1.29, 1.82) is 0 Å². The van der Waals surface area contributed by atoms with Crippen LogP contribution in [0.3, 0.4) is 0 Å². The van der Waals surface area contributed by atoms with Crippen LogP contribution >= 0.6 is 11.6 Å². The van der Waals surface area contributed by atoms with Crippen LogP contribution in [0.2, 0.25) is 5.02 Å². The molecule has 0 saturated heterocycles. The first kappa shape index (κ1) is 17.3. The predicted octanol–water partition coefficient (Wildman–Crippen LogP) is 3.32. The van der Waals surface area contributed by atoms with Crippen LogP contribution in [-0.4, -0.2) is 24.7 Å². The maximum absolute atomic E-state index is 13.2. The van der Waals surface area contributed by atoms with Gasteiger partial charge >= 0.3 is 12.1 Å². The minimum Gasteiger partial charge on any atom is -0.463 e. The number of alkyl halides is 3. The highest BCUT2D eigenvalue weighted by atomic mass is 35.5. The molecule has 124 valence electrons. The van der Waals surface area contributed by atoms with E-state index in [0.29, 0.717) is 0 Å². The third kappa shape index (κ3) is 3.67. The van der Waals surface area contributed by atoms with Gasteiger partial charge in [-0.3, -0.25) is 4.79 Å². The molecule has 23 heavy (non-hydrogen) atoms. The molecule has 0 fully saturated rings. The molecule has 1 aliphatic heterocycles. The van der Waals surface area contributed by atoms with Gasteiger partial charge in [0.1, 0.15) is 5.70 Å². The SMILES string of the molecule is CCOC(=O)C1=C(C(F)(F)F)NC(=O)CC1c1ccccc1Cl. The van der Waals surface area contributed by atoms with Crippen molar-refractivity contribution in [3.63, 3.8) is 0 Å². The minimum atomic E-state index is -4.89. The van der Waals surface area contributed by atoms with E-state index >= 15 is 0 Å². The van der Waals surface area contributed by atoms with Gasteiger partial charge in [-0.25, -0.2) is 4.79 Å². The number of halogens is 4. The Morgan fingerprint density at radius 2 is 2.04 bits per heavy atom. The molecule has 1 heterocycles. The molecule has 0 radical (unpaired) electrons. The standard InChI is InChI=1S/C15H13ClF3NO3/c1-2-23-14(22)12-9(8-5-3-4-6-10(8)16)7-11(21)20-13(12)15(17,18)19/h3-6,9H,2,7H2,1H3,(H,20,21). The van der Waals surface area contributed by atoms with Gasteiger partial charge in [0.15, 0.2) is 0 Å². The first-order valence-corrected chi connectivity index (χ1v) is 7.16. The molecule has 1 aromatic rings. The van der Waals surface area contributed by atoms with Crippen LogP contribution in [0.25, 0.3) is 0 Å². The number of ether oxygens (including phenoxy) is 1. The molecule has 0 aromatic heterocycles. The molecule has 2 rings (SSSR count). The van der Waals surface area contributed by atoms with E-state index in [2.05, 4.69) is 0 Å². The molecule has 1 atom stereocenters. The fourth-order valence-corrected chi connectivity index (χ4v) is 2.69. The van der Waals surface area contributed by atoms with Gasteiger partial charge in [-0.15, -0.1) is 0 Å². The number of carbonyl (C=O) groups is 2. The number of hydrogen-bond donors (Lipinski definition) is 1. The Morgan fingerprint density at radius 3 is 2.61 bits per heavy atom. The molecular weight excluding hydrogens is 335 g/mol. The summed E-state index contributed by atoms with van der Waals surface area (Å²) in [4.78, 5) is 23.8. The third-order valence-electron chi connectivity index (χ3n) is 3.33. The second-order valence-electron chi connectivity index (χ2n) is 4.83. The van der Waals surface area contributed by atoms with E-state index in [9.17, 15) is 22.8 Å². The van der Waals surface area contributed by atoms with Gasteiger partial charge in [-0.05, 0) is 18.6 Å². The molecule has 0 aliphatic carbocycles. The maximum atomic E-state index is 13.2. The molecule has 1 aromatic carbocycles. The van der Waals surface area contributed by atoms with Crippen molar-refractivity contribution in [2.45, 2.75) is 25.4 Å². The van der Waals surface area contributed by atoms with Crippen LogP contribution in [0, 0.1) is 0 Å². The van der Waals surface area contributed by atoms with Crippen LogP contribution in [0.15, 0.2) is 35.5 Å². The van der Waals surface area contributed by atoms with Crippen LogP contribution in [-0.2, 0) is 14.3 Å². The van der Waals surface area contributed by atoms with E-state index in [4.69, 9.17) is 16.3 Å². The number of amides is 1. The molecule has 1 amide bonds. The zero-order valence-electron chi connectivity index (χ0n) is 12.0. The Kier molecular flexibility index (Phi) is 4.99. The molecular formula is C15H13ClF3NO3. The third-order valence-corrected chi connectivity index (χ3v) is 3.68. The molecule has 0 bridgehead atoms. The number of hydrogen-bond acceptors (Lipinski definition) is 3. The average molecular weight is 348 g/mol. The van der Waals surface area contributed by atoms with Crippen molar-refractivity contribution in [2.24, 2.45) is 0 Å². The number of benzene rings is 1. The monoisotopic (exact) mass is 347 g/mol. The van der Waals surface area contributed by atoms with Crippen LogP contribution in [0.1, 0.15) is 24.8 Å². The maximum Gasteiger partial charge on any atom is 0.431 e. The van der Waals surface area contributed by atoms with Gasteiger partial charge in [0.2, 0.25) is 5.91 Å². The predicted molar refractivity (Wildman–Crippen MR) is 76.7 cm³/mol. The summed E-state index contributed by atoms with van der Waals surface area (Å²) < 4.78 is 44.5. The summed E-state index contributed by atoms with van der Waals surface area (Å²) in [6.45, 7) is 1.40. The lowest BCUT2D eigenvalue weighted by Crippen LogP contribution is -2.41. The normalized spacial score (nSPS) is 18.7. The van der Waals surface area contributed by atoms with Crippen LogP contribution in [0.5, 0.6) is 0 Å². The summed E-state index contributed by atoms with van der Waals surface area (Å²) in [5, 5.41) is 1.91. The van der Waals surface area contributed by atoms with E-state index in [0.717, 1.165) is 0 Å². The van der Waals surface area contributed by atoms with Gasteiger partial charge in [-0.2, -0.15) is 13.2 Å². The smallest absolute Gasteiger partial charge is 0.431 e. The highest BCUT2D eigenvalue weighted by Crippen LogP contribution is 2.41. The van der Waals surface area contributed by atoms with Crippen LogP contribution < -0.4 is 5.32 Å². The Bertz CT molecular complexity index is 670. The minimum absolute atomic E-state index is 0.0866. The molecule has 4 nitrogen and oxygen atoms in total. The van der Waals surface area contributed by atoms with Gasteiger partial charge in [0.05, 0.1) is 12.2 Å². The lowest BCUT2D eigenvalue weighted by molar-refractivity contribution is -0.142. The Hall–Kier alpha value is -2.02. The van der Waals surface area contributed by atoms with E-state index in [1.54, 1.807) is 17.4 Å². The zero-order chi connectivity index (χ0) is 17.2. The molecule has 8 heteroatoms. The summed E-state index contributed by atoms with van der Waals surface area (Å²) in [5.74, 6) is -3.08. The first-order chi connectivity index (χ1) is 10.8. The number of carbonyl (C=O) groups excluding carboxylic acids is 2. The summed E-state index contributed by atoms with van der Waals surface area (Å²) in [5.41, 5.74) is -1.75. The number of rotatable bonds is 3. The Morgan fingerprint density at radius 1 is 1.39 bits per heavy atom. The summed E-state index contributed by atoms with van der Waals surface area (Å²) in [7, 11) is 0. The molecule has 1 N–H and O–H groups in total.